The summed E-state index contributed by atoms with van der Waals surface area (Å²) in [5.74, 6) is 0. The van der Waals surface area contributed by atoms with Crippen LogP contribution < -0.4 is 0 Å². The lowest BCUT2D eigenvalue weighted by Crippen LogP contribution is -2.38. The van der Waals surface area contributed by atoms with Gasteiger partial charge in [0.2, 0.25) is 0 Å². The summed E-state index contributed by atoms with van der Waals surface area (Å²) in [7, 11) is 0. The van der Waals surface area contributed by atoms with Crippen LogP contribution in [0.1, 0.15) is 5.69 Å². The van der Waals surface area contributed by atoms with Crippen LogP contribution in [0.2, 0.25) is 0 Å². The molecular weight excluding hydrogens is 351 g/mol. The Morgan fingerprint density at radius 3 is 2.84 bits per heavy atom. The highest BCUT2D eigenvalue weighted by Gasteiger charge is 2.12. The van der Waals surface area contributed by atoms with E-state index in [1.54, 1.807) is 0 Å². The molecule has 1 fully saturated rings. The number of ether oxygens (including phenoxy) is 1. The Labute approximate surface area is 127 Å². The molecule has 101 valence electrons. The summed E-state index contributed by atoms with van der Waals surface area (Å²) in [6.07, 6.45) is 0. The van der Waals surface area contributed by atoms with E-state index in [-0.39, 0.29) is 0 Å². The van der Waals surface area contributed by atoms with E-state index in [2.05, 4.69) is 63.2 Å². The van der Waals surface area contributed by atoms with E-state index in [1.165, 1.54) is 20.2 Å². The van der Waals surface area contributed by atoms with Crippen LogP contribution >= 0.6 is 22.6 Å². The number of nitrogens with zero attached hydrogens (tertiary/aromatic N) is 2. The van der Waals surface area contributed by atoms with E-state index in [9.17, 15) is 0 Å². The van der Waals surface area contributed by atoms with Gasteiger partial charge in [-0.1, -0.05) is 6.07 Å². The summed E-state index contributed by atoms with van der Waals surface area (Å²) in [5.41, 5.74) is 2.53. The molecule has 0 aliphatic carbocycles. The van der Waals surface area contributed by atoms with Crippen molar-refractivity contribution in [3.8, 4) is 0 Å². The van der Waals surface area contributed by atoms with Crippen LogP contribution in [0.5, 0.6) is 0 Å². The predicted octanol–water partition coefficient (Wildman–Crippen LogP) is 2.69. The molecule has 0 spiro atoms. The maximum atomic E-state index is 5.39. The molecule has 1 aromatic carbocycles. The second-order valence-corrected chi connectivity index (χ2v) is 6.22. The molecule has 0 atom stereocenters. The minimum Gasteiger partial charge on any atom is -0.379 e. The molecule has 0 N–H and O–H groups in total. The number of aryl methyl sites for hydroxylation is 1. The van der Waals surface area contributed by atoms with E-state index in [0.717, 1.165) is 39.4 Å². The topological polar surface area (TPSA) is 17.4 Å². The fraction of sp³-hybridized carbons (Fsp3) is 0.467. The number of benzene rings is 1. The Bertz CT molecular complexity index is 573. The van der Waals surface area contributed by atoms with Crippen LogP contribution in [0.15, 0.2) is 18.2 Å². The lowest BCUT2D eigenvalue weighted by molar-refractivity contribution is 0.0365. The minimum absolute atomic E-state index is 0.870. The van der Waals surface area contributed by atoms with Gasteiger partial charge in [-0.2, -0.15) is 0 Å². The van der Waals surface area contributed by atoms with Crippen molar-refractivity contribution in [2.75, 3.05) is 32.8 Å². The number of hydrogen-bond donors (Lipinski definition) is 0. The predicted molar refractivity (Wildman–Crippen MR) is 85.5 cm³/mol. The van der Waals surface area contributed by atoms with Crippen molar-refractivity contribution in [2.24, 2.45) is 0 Å². The zero-order chi connectivity index (χ0) is 13.2. The highest BCUT2D eigenvalue weighted by Crippen LogP contribution is 2.21. The van der Waals surface area contributed by atoms with Crippen LogP contribution in [0.25, 0.3) is 10.9 Å². The maximum absolute atomic E-state index is 5.39. The molecule has 0 saturated carbocycles. The molecule has 0 bridgehead atoms. The first kappa shape index (κ1) is 13.4. The van der Waals surface area contributed by atoms with Crippen molar-refractivity contribution in [1.29, 1.82) is 0 Å². The largest absolute Gasteiger partial charge is 0.379 e. The van der Waals surface area contributed by atoms with Crippen LogP contribution in [-0.4, -0.2) is 42.3 Å². The molecule has 1 aromatic heterocycles. The van der Waals surface area contributed by atoms with Gasteiger partial charge in [0.05, 0.1) is 13.2 Å². The summed E-state index contributed by atoms with van der Waals surface area (Å²) in [5, 5.41) is 1.22. The molecule has 19 heavy (non-hydrogen) atoms. The molecule has 2 aromatic rings. The number of fused-ring (bicyclic) bond motifs is 1. The normalized spacial score (nSPS) is 17.2. The van der Waals surface area contributed by atoms with Gasteiger partial charge < -0.3 is 9.30 Å². The van der Waals surface area contributed by atoms with Crippen LogP contribution in [0.4, 0.5) is 0 Å². The van der Waals surface area contributed by atoms with E-state index in [4.69, 9.17) is 4.74 Å². The summed E-state index contributed by atoms with van der Waals surface area (Å²) in [4.78, 5) is 2.47. The van der Waals surface area contributed by atoms with Gasteiger partial charge in [0.25, 0.3) is 0 Å². The number of aromatic nitrogens is 1. The number of halogens is 1. The van der Waals surface area contributed by atoms with E-state index >= 15 is 0 Å². The lowest BCUT2D eigenvalue weighted by Gasteiger charge is -2.27. The molecule has 1 aliphatic heterocycles. The molecule has 1 radical (unpaired) electrons. The van der Waals surface area contributed by atoms with Gasteiger partial charge in [-0.25, -0.2) is 0 Å². The Balaban J connectivity index is 1.79. The first-order chi connectivity index (χ1) is 9.24. The highest BCUT2D eigenvalue weighted by molar-refractivity contribution is 14.1. The average Bonchev–Trinajstić information content (AvgIpc) is 2.73. The molecule has 2 heterocycles. The molecule has 3 rings (SSSR count). The fourth-order valence-corrected chi connectivity index (χ4v) is 3.11. The monoisotopic (exact) mass is 369 g/mol. The molecule has 1 saturated heterocycles. The molecule has 1 aliphatic rings. The summed E-state index contributed by atoms with van der Waals surface area (Å²) >= 11 is 2.37. The first-order valence-electron chi connectivity index (χ1n) is 6.72. The fourth-order valence-electron chi connectivity index (χ4n) is 2.63. The zero-order valence-electron chi connectivity index (χ0n) is 11.2. The van der Waals surface area contributed by atoms with E-state index in [1.807, 2.05) is 0 Å². The summed E-state index contributed by atoms with van der Waals surface area (Å²) in [6, 6.07) is 10.0. The van der Waals surface area contributed by atoms with Gasteiger partial charge in [0.15, 0.2) is 0 Å². The van der Waals surface area contributed by atoms with Crippen molar-refractivity contribution in [2.45, 2.75) is 13.5 Å². The third-order valence-corrected chi connectivity index (χ3v) is 4.39. The van der Waals surface area contributed by atoms with E-state index in [0.29, 0.717) is 0 Å². The minimum atomic E-state index is 0.870. The maximum Gasteiger partial charge on any atom is 0.0594 e. The van der Waals surface area contributed by atoms with Gasteiger partial charge in [-0.15, -0.1) is 0 Å². The third kappa shape index (κ3) is 2.95. The first-order valence-corrected chi connectivity index (χ1v) is 7.80. The van der Waals surface area contributed by atoms with Crippen LogP contribution in [0.3, 0.4) is 0 Å². The van der Waals surface area contributed by atoms with Gasteiger partial charge in [0.1, 0.15) is 0 Å². The van der Waals surface area contributed by atoms with Crippen molar-refractivity contribution < 1.29 is 4.74 Å². The van der Waals surface area contributed by atoms with Crippen LogP contribution in [0, 0.1) is 16.6 Å². The van der Waals surface area contributed by atoms with Gasteiger partial charge in [-0.05, 0) is 41.6 Å². The molecule has 0 amide bonds. The van der Waals surface area contributed by atoms with Gasteiger partial charge in [0, 0.05) is 52.4 Å². The van der Waals surface area contributed by atoms with Crippen molar-refractivity contribution in [3.05, 3.63) is 33.5 Å². The van der Waals surface area contributed by atoms with Crippen molar-refractivity contribution in [1.82, 2.24) is 9.47 Å². The number of morpholine rings is 1. The molecule has 3 nitrogen and oxygen atoms in total. The van der Waals surface area contributed by atoms with E-state index < -0.39 is 0 Å². The second kappa shape index (κ2) is 5.81. The highest BCUT2D eigenvalue weighted by atomic mass is 127. The summed E-state index contributed by atoms with van der Waals surface area (Å²) < 4.78 is 9.05. The van der Waals surface area contributed by atoms with Gasteiger partial charge in [-0.3, -0.25) is 4.90 Å². The molecular formula is C15H18IN2O. The van der Waals surface area contributed by atoms with Crippen LogP contribution in [-0.2, 0) is 11.3 Å². The quantitative estimate of drug-likeness (QED) is 0.775. The number of rotatable bonds is 3. The van der Waals surface area contributed by atoms with Crippen molar-refractivity contribution >= 4 is 33.5 Å². The second-order valence-electron chi connectivity index (χ2n) is 4.98. The molecule has 0 unspecified atom stereocenters. The Hall–Kier alpha value is -0.590. The van der Waals surface area contributed by atoms with Crippen molar-refractivity contribution in [3.63, 3.8) is 0 Å². The molecule has 4 heteroatoms. The summed E-state index contributed by atoms with van der Waals surface area (Å²) in [6.45, 7) is 8.12. The zero-order valence-corrected chi connectivity index (χ0v) is 13.3. The van der Waals surface area contributed by atoms with Gasteiger partial charge >= 0.3 is 0 Å². The Morgan fingerprint density at radius 2 is 2.05 bits per heavy atom. The Morgan fingerprint density at radius 1 is 1.26 bits per heavy atom. The smallest absolute Gasteiger partial charge is 0.0594 e. The SMILES string of the molecule is Cc1[c]c2ccc(I)cc2n1CCN1CCOCC1. The lowest BCUT2D eigenvalue weighted by atomic mass is 10.2. The average molecular weight is 369 g/mol. The third-order valence-electron chi connectivity index (χ3n) is 3.71. The standard InChI is InChI=1S/C15H18IN2O/c1-12-10-13-2-3-14(16)11-15(13)18(12)5-4-17-6-8-19-9-7-17/h2-3,11H,4-9H2,1H3. The number of hydrogen-bond acceptors (Lipinski definition) is 2. The Kier molecular flexibility index (Phi) is 4.10.